The molecule has 1 aliphatic rings. The van der Waals surface area contributed by atoms with E-state index < -0.39 is 0 Å². The molecule has 0 aromatic heterocycles. The first-order valence-electron chi connectivity index (χ1n) is 9.45. The summed E-state index contributed by atoms with van der Waals surface area (Å²) in [6.07, 6.45) is 3.05. The van der Waals surface area contributed by atoms with Crippen molar-refractivity contribution >= 4 is 29.2 Å². The number of hydrogen-bond donors (Lipinski definition) is 0. The second kappa shape index (κ2) is 7.08. The van der Waals surface area contributed by atoms with Crippen LogP contribution >= 0.6 is 11.6 Å². The smallest absolute Gasteiger partial charge is 0.0659 e. The molecule has 0 saturated carbocycles. The average Bonchev–Trinajstić information content (AvgIpc) is 2.54. The van der Waals surface area contributed by atoms with Crippen molar-refractivity contribution in [3.63, 3.8) is 0 Å². The molecule has 0 amide bonds. The maximum absolute atomic E-state index is 6.64. The molecule has 3 heteroatoms. The average molecular weight is 369 g/mol. The highest BCUT2D eigenvalue weighted by atomic mass is 35.5. The zero-order valence-electron chi connectivity index (χ0n) is 16.7. The molecular formula is C23H29ClN2. The zero-order chi connectivity index (χ0) is 19.1. The molecule has 1 unspecified atom stereocenters. The van der Waals surface area contributed by atoms with Crippen LogP contribution in [0.3, 0.4) is 0 Å². The van der Waals surface area contributed by atoms with Gasteiger partial charge in [-0.3, -0.25) is 4.99 Å². The van der Waals surface area contributed by atoms with Crippen molar-refractivity contribution in [3.05, 3.63) is 57.6 Å². The van der Waals surface area contributed by atoms with Crippen LogP contribution in [-0.4, -0.2) is 18.3 Å². The SMILES string of the molecule is CCN1c2cc(Cl)c(C=Nc3ccc(C)cc3C)cc2C(C)CC1(C)C. The molecule has 3 rings (SSSR count). The standard InChI is InChI=1S/C23H29ClN2/c1-7-26-22-12-20(24)18(11-19(22)17(4)13-23(26,5)6)14-25-21-9-8-15(2)10-16(21)3/h8-12,14,17H,7,13H2,1-6H3. The lowest BCUT2D eigenvalue weighted by Crippen LogP contribution is -2.48. The lowest BCUT2D eigenvalue weighted by atomic mass is 9.79. The molecule has 0 radical (unpaired) electrons. The number of fused-ring (bicyclic) bond motifs is 1. The molecule has 2 aromatic rings. The highest BCUT2D eigenvalue weighted by molar-refractivity contribution is 6.33. The van der Waals surface area contributed by atoms with Crippen LogP contribution in [0.15, 0.2) is 35.3 Å². The van der Waals surface area contributed by atoms with Crippen molar-refractivity contribution < 1.29 is 0 Å². The summed E-state index contributed by atoms with van der Waals surface area (Å²) in [5.74, 6) is 0.508. The van der Waals surface area contributed by atoms with Gasteiger partial charge >= 0.3 is 0 Å². The fourth-order valence-corrected chi connectivity index (χ4v) is 4.51. The Bertz CT molecular complexity index is 852. The van der Waals surface area contributed by atoms with E-state index in [1.807, 2.05) is 6.21 Å². The largest absolute Gasteiger partial charge is 0.366 e. The van der Waals surface area contributed by atoms with Crippen molar-refractivity contribution in [1.82, 2.24) is 0 Å². The van der Waals surface area contributed by atoms with Crippen molar-refractivity contribution in [2.45, 2.75) is 59.4 Å². The Morgan fingerprint density at radius 3 is 2.62 bits per heavy atom. The van der Waals surface area contributed by atoms with E-state index in [0.717, 1.165) is 29.2 Å². The number of hydrogen-bond acceptors (Lipinski definition) is 2. The normalized spacial score (nSPS) is 19.0. The number of aliphatic imine (C=N–C) groups is 1. The van der Waals surface area contributed by atoms with Gasteiger partial charge in [-0.25, -0.2) is 0 Å². The second-order valence-electron chi connectivity index (χ2n) is 8.14. The number of nitrogens with zero attached hydrogens (tertiary/aromatic N) is 2. The number of anilines is 1. The minimum absolute atomic E-state index is 0.152. The van der Waals surface area contributed by atoms with E-state index in [1.165, 1.54) is 22.4 Å². The molecule has 2 aromatic carbocycles. The van der Waals surface area contributed by atoms with Crippen LogP contribution in [0.4, 0.5) is 11.4 Å². The van der Waals surface area contributed by atoms with Crippen LogP contribution in [0.2, 0.25) is 5.02 Å². The molecule has 0 aliphatic carbocycles. The van der Waals surface area contributed by atoms with Gasteiger partial charge in [-0.2, -0.15) is 0 Å². The van der Waals surface area contributed by atoms with E-state index in [9.17, 15) is 0 Å². The van der Waals surface area contributed by atoms with Gasteiger partial charge in [0.1, 0.15) is 0 Å². The van der Waals surface area contributed by atoms with Crippen LogP contribution in [0.25, 0.3) is 0 Å². The minimum atomic E-state index is 0.152. The summed E-state index contributed by atoms with van der Waals surface area (Å²) >= 11 is 6.64. The third kappa shape index (κ3) is 3.53. The van der Waals surface area contributed by atoms with Crippen molar-refractivity contribution in [2.24, 2.45) is 4.99 Å². The Balaban J connectivity index is 2.01. The third-order valence-electron chi connectivity index (χ3n) is 5.52. The van der Waals surface area contributed by atoms with Gasteiger partial charge in [-0.1, -0.05) is 36.2 Å². The molecule has 0 saturated heterocycles. The summed E-state index contributed by atoms with van der Waals surface area (Å²) in [6, 6.07) is 10.7. The van der Waals surface area contributed by atoms with Gasteiger partial charge in [-0.15, -0.1) is 0 Å². The van der Waals surface area contributed by atoms with Gasteiger partial charge in [0, 0.05) is 29.5 Å². The van der Waals surface area contributed by atoms with Crippen LogP contribution in [0.1, 0.15) is 62.3 Å². The van der Waals surface area contributed by atoms with Gasteiger partial charge in [-0.05, 0) is 76.3 Å². The molecule has 0 N–H and O–H groups in total. The fourth-order valence-electron chi connectivity index (χ4n) is 4.31. The zero-order valence-corrected chi connectivity index (χ0v) is 17.5. The Labute approximate surface area is 162 Å². The van der Waals surface area contributed by atoms with Crippen LogP contribution in [0.5, 0.6) is 0 Å². The summed E-state index contributed by atoms with van der Waals surface area (Å²) in [5, 5.41) is 0.764. The van der Waals surface area contributed by atoms with E-state index in [0.29, 0.717) is 5.92 Å². The highest BCUT2D eigenvalue weighted by Crippen LogP contribution is 2.44. The number of aryl methyl sites for hydroxylation is 2. The predicted molar refractivity (Wildman–Crippen MR) is 115 cm³/mol. The number of halogens is 1. The lowest BCUT2D eigenvalue weighted by molar-refractivity contribution is 0.381. The van der Waals surface area contributed by atoms with Crippen LogP contribution < -0.4 is 4.90 Å². The van der Waals surface area contributed by atoms with Crippen LogP contribution in [0, 0.1) is 13.8 Å². The predicted octanol–water partition coefficient (Wildman–Crippen LogP) is 6.82. The van der Waals surface area contributed by atoms with Crippen LogP contribution in [-0.2, 0) is 0 Å². The van der Waals surface area contributed by atoms with Gasteiger partial charge in [0.15, 0.2) is 0 Å². The van der Waals surface area contributed by atoms with E-state index in [1.54, 1.807) is 0 Å². The van der Waals surface area contributed by atoms with E-state index in [4.69, 9.17) is 16.6 Å². The summed E-state index contributed by atoms with van der Waals surface area (Å²) in [7, 11) is 0. The molecular weight excluding hydrogens is 340 g/mol. The maximum Gasteiger partial charge on any atom is 0.0659 e. The van der Waals surface area contributed by atoms with Gasteiger partial charge in [0.25, 0.3) is 0 Å². The fraction of sp³-hybridized carbons (Fsp3) is 0.435. The first-order valence-corrected chi connectivity index (χ1v) is 9.83. The molecule has 0 spiro atoms. The Hall–Kier alpha value is -1.80. The minimum Gasteiger partial charge on any atom is -0.366 e. The molecule has 1 heterocycles. The topological polar surface area (TPSA) is 15.6 Å². The first kappa shape index (κ1) is 19.0. The van der Waals surface area contributed by atoms with E-state index in [-0.39, 0.29) is 5.54 Å². The first-order chi connectivity index (χ1) is 12.2. The van der Waals surface area contributed by atoms with E-state index in [2.05, 4.69) is 76.8 Å². The number of benzene rings is 2. The molecule has 1 atom stereocenters. The molecule has 2 nitrogen and oxygen atoms in total. The van der Waals surface area contributed by atoms with Crippen molar-refractivity contribution in [1.29, 1.82) is 0 Å². The molecule has 26 heavy (non-hydrogen) atoms. The quantitative estimate of drug-likeness (QED) is 0.542. The van der Waals surface area contributed by atoms with Gasteiger partial charge in [0.2, 0.25) is 0 Å². The van der Waals surface area contributed by atoms with E-state index >= 15 is 0 Å². The second-order valence-corrected chi connectivity index (χ2v) is 8.55. The maximum atomic E-state index is 6.64. The Morgan fingerprint density at radius 1 is 1.23 bits per heavy atom. The van der Waals surface area contributed by atoms with Crippen molar-refractivity contribution in [2.75, 3.05) is 11.4 Å². The van der Waals surface area contributed by atoms with Gasteiger partial charge in [0.05, 0.1) is 10.7 Å². The molecule has 138 valence electrons. The number of rotatable bonds is 3. The molecule has 0 bridgehead atoms. The monoisotopic (exact) mass is 368 g/mol. The van der Waals surface area contributed by atoms with Gasteiger partial charge < -0.3 is 4.90 Å². The highest BCUT2D eigenvalue weighted by Gasteiger charge is 2.35. The Morgan fingerprint density at radius 2 is 1.96 bits per heavy atom. The Kier molecular flexibility index (Phi) is 5.16. The summed E-state index contributed by atoms with van der Waals surface area (Å²) in [4.78, 5) is 7.17. The van der Waals surface area contributed by atoms with Crippen molar-refractivity contribution in [3.8, 4) is 0 Å². The lowest BCUT2D eigenvalue weighted by Gasteiger charge is -2.47. The molecule has 0 fully saturated rings. The molecule has 1 aliphatic heterocycles. The summed E-state index contributed by atoms with van der Waals surface area (Å²) in [6.45, 7) is 14.3. The third-order valence-corrected chi connectivity index (χ3v) is 5.84. The summed E-state index contributed by atoms with van der Waals surface area (Å²) < 4.78 is 0. The summed E-state index contributed by atoms with van der Waals surface area (Å²) in [5.41, 5.74) is 7.22.